The summed E-state index contributed by atoms with van der Waals surface area (Å²) < 4.78 is 0.248. The Kier molecular flexibility index (Phi) is 5.54. The maximum atomic E-state index is 12.0. The predicted octanol–water partition coefficient (Wildman–Crippen LogP) is 1.20. The Labute approximate surface area is 120 Å². The first-order chi connectivity index (χ1) is 9.17. The van der Waals surface area contributed by atoms with Crippen molar-refractivity contribution in [3.05, 3.63) is 0 Å². The van der Waals surface area contributed by atoms with Gasteiger partial charge in [-0.2, -0.15) is 11.8 Å². The molecule has 0 spiro atoms. The number of thioether (sulfide) groups is 1. The summed E-state index contributed by atoms with van der Waals surface area (Å²) in [4.78, 5) is 14.3. The van der Waals surface area contributed by atoms with Crippen LogP contribution in [-0.2, 0) is 4.79 Å². The van der Waals surface area contributed by atoms with E-state index in [0.717, 1.165) is 45.3 Å². The summed E-state index contributed by atoms with van der Waals surface area (Å²) in [7, 11) is 0. The van der Waals surface area contributed by atoms with Gasteiger partial charge in [0.1, 0.15) is 0 Å². The van der Waals surface area contributed by atoms with Crippen molar-refractivity contribution in [2.45, 2.75) is 49.3 Å². The SMILES string of the molecule is CSC1(CN)CCN(CC(=O)NC2CCCC2)CC1. The molecule has 0 bridgehead atoms. The van der Waals surface area contributed by atoms with Gasteiger partial charge < -0.3 is 11.1 Å². The Morgan fingerprint density at radius 2 is 2.00 bits per heavy atom. The molecule has 1 aliphatic heterocycles. The number of rotatable bonds is 5. The zero-order valence-electron chi connectivity index (χ0n) is 12.0. The highest BCUT2D eigenvalue weighted by Gasteiger charge is 2.33. The van der Waals surface area contributed by atoms with Gasteiger partial charge in [-0.05, 0) is 31.9 Å². The van der Waals surface area contributed by atoms with Gasteiger partial charge in [-0.3, -0.25) is 9.69 Å². The molecule has 4 nitrogen and oxygen atoms in total. The topological polar surface area (TPSA) is 58.4 Å². The lowest BCUT2D eigenvalue weighted by Crippen LogP contribution is -2.49. The summed E-state index contributed by atoms with van der Waals surface area (Å²) in [6.07, 6.45) is 9.20. The number of carbonyl (C=O) groups is 1. The number of carbonyl (C=O) groups excluding carboxylic acids is 1. The number of piperidine rings is 1. The summed E-state index contributed by atoms with van der Waals surface area (Å²) in [5.74, 6) is 0.205. The van der Waals surface area contributed by atoms with Gasteiger partial charge in [-0.1, -0.05) is 12.8 Å². The highest BCUT2D eigenvalue weighted by atomic mass is 32.2. The van der Waals surface area contributed by atoms with Crippen LogP contribution in [0.15, 0.2) is 0 Å². The fourth-order valence-electron chi connectivity index (χ4n) is 3.16. The summed E-state index contributed by atoms with van der Waals surface area (Å²) in [6.45, 7) is 3.30. The van der Waals surface area contributed by atoms with Crippen molar-refractivity contribution in [3.8, 4) is 0 Å². The molecule has 3 N–H and O–H groups in total. The van der Waals surface area contributed by atoms with Gasteiger partial charge in [0.25, 0.3) is 0 Å². The van der Waals surface area contributed by atoms with E-state index >= 15 is 0 Å². The van der Waals surface area contributed by atoms with Gasteiger partial charge in [0.05, 0.1) is 6.54 Å². The van der Waals surface area contributed by atoms with Crippen LogP contribution < -0.4 is 11.1 Å². The van der Waals surface area contributed by atoms with Gasteiger partial charge in [0.15, 0.2) is 0 Å². The van der Waals surface area contributed by atoms with Crippen molar-refractivity contribution < 1.29 is 4.79 Å². The highest BCUT2D eigenvalue weighted by molar-refractivity contribution is 8.00. The standard InChI is InChI=1S/C14H27N3OS/c1-19-14(11-15)6-8-17(9-7-14)10-13(18)16-12-4-2-3-5-12/h12H,2-11,15H2,1H3,(H,16,18). The van der Waals surface area contributed by atoms with Crippen molar-refractivity contribution >= 4 is 17.7 Å². The van der Waals surface area contributed by atoms with E-state index in [1.165, 1.54) is 12.8 Å². The molecule has 0 aromatic rings. The van der Waals surface area contributed by atoms with Gasteiger partial charge >= 0.3 is 0 Å². The monoisotopic (exact) mass is 285 g/mol. The summed E-state index contributed by atoms with van der Waals surface area (Å²) >= 11 is 1.89. The van der Waals surface area contributed by atoms with Crippen molar-refractivity contribution in [2.24, 2.45) is 5.73 Å². The van der Waals surface area contributed by atoms with Gasteiger partial charge in [-0.15, -0.1) is 0 Å². The normalized spacial score (nSPS) is 24.5. The minimum Gasteiger partial charge on any atom is -0.352 e. The van der Waals surface area contributed by atoms with E-state index in [0.29, 0.717) is 12.6 Å². The van der Waals surface area contributed by atoms with Crippen LogP contribution in [0.2, 0.25) is 0 Å². The Balaban J connectivity index is 1.71. The molecule has 2 fully saturated rings. The number of hydrogen-bond acceptors (Lipinski definition) is 4. The lowest BCUT2D eigenvalue weighted by molar-refractivity contribution is -0.123. The average Bonchev–Trinajstić information content (AvgIpc) is 2.93. The van der Waals surface area contributed by atoms with Crippen molar-refractivity contribution in [3.63, 3.8) is 0 Å². The van der Waals surface area contributed by atoms with Crippen LogP contribution in [0, 0.1) is 0 Å². The van der Waals surface area contributed by atoms with Crippen LogP contribution in [0.3, 0.4) is 0 Å². The van der Waals surface area contributed by atoms with Gasteiger partial charge in [0, 0.05) is 30.4 Å². The van der Waals surface area contributed by atoms with Gasteiger partial charge in [-0.25, -0.2) is 0 Å². The molecular formula is C14H27N3OS. The molecular weight excluding hydrogens is 258 g/mol. The minimum atomic E-state index is 0.205. The van der Waals surface area contributed by atoms with Crippen molar-refractivity contribution in [2.75, 3.05) is 32.4 Å². The molecule has 1 amide bonds. The van der Waals surface area contributed by atoms with Gasteiger partial charge in [0.2, 0.25) is 5.91 Å². The number of nitrogens with two attached hydrogens (primary N) is 1. The van der Waals surface area contributed by atoms with Crippen LogP contribution in [0.1, 0.15) is 38.5 Å². The molecule has 19 heavy (non-hydrogen) atoms. The second-order valence-electron chi connectivity index (χ2n) is 5.92. The molecule has 5 heteroatoms. The third-order valence-corrected chi connectivity index (χ3v) is 6.10. The Hall–Kier alpha value is -0.260. The van der Waals surface area contributed by atoms with E-state index in [2.05, 4.69) is 16.5 Å². The van der Waals surface area contributed by atoms with Crippen molar-refractivity contribution in [1.82, 2.24) is 10.2 Å². The van der Waals surface area contributed by atoms with Crippen LogP contribution >= 0.6 is 11.8 Å². The average molecular weight is 285 g/mol. The summed E-state index contributed by atoms with van der Waals surface area (Å²) in [5.41, 5.74) is 5.89. The Morgan fingerprint density at radius 3 is 2.53 bits per heavy atom. The molecule has 1 saturated carbocycles. The number of likely N-dealkylation sites (tertiary alicyclic amines) is 1. The summed E-state index contributed by atoms with van der Waals surface area (Å²) in [6, 6.07) is 0.437. The third-order valence-electron chi connectivity index (χ3n) is 4.66. The van der Waals surface area contributed by atoms with Crippen LogP contribution in [-0.4, -0.2) is 54.0 Å². The van der Waals surface area contributed by atoms with E-state index in [1.807, 2.05) is 11.8 Å². The zero-order valence-corrected chi connectivity index (χ0v) is 12.8. The molecule has 0 aromatic heterocycles. The maximum Gasteiger partial charge on any atom is 0.234 e. The largest absolute Gasteiger partial charge is 0.352 e. The molecule has 2 rings (SSSR count). The first-order valence-corrected chi connectivity index (χ1v) is 8.67. The number of nitrogens with one attached hydrogen (secondary N) is 1. The molecule has 1 saturated heterocycles. The third kappa shape index (κ3) is 4.10. The molecule has 0 aromatic carbocycles. The quantitative estimate of drug-likeness (QED) is 0.797. The number of amides is 1. The van der Waals surface area contributed by atoms with E-state index in [4.69, 9.17) is 5.73 Å². The van der Waals surface area contributed by atoms with E-state index < -0.39 is 0 Å². The highest BCUT2D eigenvalue weighted by Crippen LogP contribution is 2.33. The van der Waals surface area contributed by atoms with E-state index in [1.54, 1.807) is 0 Å². The molecule has 2 aliphatic rings. The summed E-state index contributed by atoms with van der Waals surface area (Å²) in [5, 5.41) is 3.16. The molecule has 110 valence electrons. The number of nitrogens with zero attached hydrogens (tertiary/aromatic N) is 1. The first kappa shape index (κ1) is 15.1. The lowest BCUT2D eigenvalue weighted by Gasteiger charge is -2.39. The molecule has 0 radical (unpaired) electrons. The molecule has 1 aliphatic carbocycles. The van der Waals surface area contributed by atoms with E-state index in [-0.39, 0.29) is 10.7 Å². The maximum absolute atomic E-state index is 12.0. The van der Waals surface area contributed by atoms with Crippen molar-refractivity contribution in [1.29, 1.82) is 0 Å². The smallest absolute Gasteiger partial charge is 0.234 e. The Morgan fingerprint density at radius 1 is 1.37 bits per heavy atom. The van der Waals surface area contributed by atoms with Crippen LogP contribution in [0.25, 0.3) is 0 Å². The number of hydrogen-bond donors (Lipinski definition) is 2. The Bertz CT molecular complexity index is 291. The van der Waals surface area contributed by atoms with E-state index in [9.17, 15) is 4.79 Å². The fourth-order valence-corrected chi connectivity index (χ4v) is 3.91. The molecule has 0 atom stereocenters. The fraction of sp³-hybridized carbons (Fsp3) is 0.929. The molecule has 0 unspecified atom stereocenters. The molecule has 1 heterocycles. The zero-order chi connectivity index (χ0) is 13.7. The lowest BCUT2D eigenvalue weighted by atomic mass is 9.96. The van der Waals surface area contributed by atoms with Crippen LogP contribution in [0.4, 0.5) is 0 Å². The predicted molar refractivity (Wildman–Crippen MR) is 81.4 cm³/mol. The minimum absolute atomic E-state index is 0.205. The second-order valence-corrected chi connectivity index (χ2v) is 7.19. The second kappa shape index (κ2) is 6.95. The van der Waals surface area contributed by atoms with Crippen LogP contribution in [0.5, 0.6) is 0 Å². The first-order valence-electron chi connectivity index (χ1n) is 7.44.